The molecule has 2 N–H and O–H groups in total. The van der Waals surface area contributed by atoms with Crippen LogP contribution in [0.25, 0.3) is 0 Å². The Morgan fingerprint density at radius 2 is 1.29 bits per heavy atom. The predicted octanol–water partition coefficient (Wildman–Crippen LogP) is 2.30. The van der Waals surface area contributed by atoms with Crippen molar-refractivity contribution in [2.75, 3.05) is 12.4 Å². The molecular weight excluding hydrogens is 387 g/mol. The Morgan fingerprint density at radius 3 is 1.64 bits per heavy atom. The third kappa shape index (κ3) is 37.0. The average molecular weight is 429 g/mol. The molecule has 0 aliphatic carbocycles. The summed E-state index contributed by atoms with van der Waals surface area (Å²) in [6, 6.07) is 0. The van der Waals surface area contributed by atoms with Crippen molar-refractivity contribution >= 4 is 15.9 Å². The van der Waals surface area contributed by atoms with E-state index in [9.17, 15) is 13.2 Å². The van der Waals surface area contributed by atoms with Gasteiger partial charge in [0.15, 0.2) is 0 Å². The van der Waals surface area contributed by atoms with E-state index in [4.69, 9.17) is 9.66 Å². The Labute approximate surface area is 195 Å². The maximum atomic E-state index is 10.7. The van der Waals surface area contributed by atoms with Gasteiger partial charge < -0.3 is 16.8 Å². The van der Waals surface area contributed by atoms with Crippen LogP contribution in [0.1, 0.15) is 96.8 Å². The molecule has 0 aliphatic heterocycles. The molecule has 0 saturated heterocycles. The Hall–Kier alpha value is 0.150. The minimum atomic E-state index is -3.92. The summed E-state index contributed by atoms with van der Waals surface area (Å²) in [7, 11) is -3.92. The molecule has 0 heterocycles. The summed E-state index contributed by atoms with van der Waals surface area (Å²) in [5.41, 5.74) is 0. The number of rotatable bonds is 17. The van der Waals surface area contributed by atoms with Crippen molar-refractivity contribution in [1.29, 1.82) is 0 Å². The molecule has 0 fully saturated rings. The molecule has 28 heavy (non-hydrogen) atoms. The third-order valence-corrected chi connectivity index (χ3v) is 4.77. The Balaban J connectivity index is -0.000000665. The number of Topliss-reactive ketones (excluding diaryl/α,β-unsaturated/α-hetero) is 1. The first-order valence-electron chi connectivity index (χ1n) is 10.4. The van der Waals surface area contributed by atoms with E-state index in [1.54, 1.807) is 0 Å². The monoisotopic (exact) mass is 428 g/mol. The molecule has 0 bridgehead atoms. The number of aliphatic hydroxyl groups is 1. The number of hydrogen-bond donors (Lipinski definition) is 2. The zero-order valence-electron chi connectivity index (χ0n) is 18.2. The first-order chi connectivity index (χ1) is 12.8. The third-order valence-electron chi connectivity index (χ3n) is 4.07. The molecule has 5 nitrogen and oxygen atoms in total. The van der Waals surface area contributed by atoms with Crippen LogP contribution in [0.3, 0.4) is 0 Å². The number of ketones is 1. The van der Waals surface area contributed by atoms with Gasteiger partial charge in [0, 0.05) is 0 Å². The summed E-state index contributed by atoms with van der Waals surface area (Å²) in [6.45, 7) is 5.13. The normalized spacial score (nSPS) is 11.0. The van der Waals surface area contributed by atoms with Crippen molar-refractivity contribution in [3.8, 4) is 0 Å². The summed E-state index contributed by atoms with van der Waals surface area (Å²) >= 11 is 0. The van der Waals surface area contributed by atoms with Crippen molar-refractivity contribution in [1.82, 2.24) is 0 Å². The Kier molecular flexibility index (Phi) is 29.5. The van der Waals surface area contributed by atoms with Gasteiger partial charge in [0.1, 0.15) is 0 Å². The van der Waals surface area contributed by atoms with Gasteiger partial charge in [-0.1, -0.05) is 70.4 Å². The summed E-state index contributed by atoms with van der Waals surface area (Å²) in [4.78, 5) is 10.7. The van der Waals surface area contributed by atoms with E-state index in [1.165, 1.54) is 77.0 Å². The van der Waals surface area contributed by atoms with Gasteiger partial charge in [-0.3, -0.25) is 4.55 Å². The number of allylic oxidation sites excluding steroid dienone is 2. The number of carbonyl (C=O) groups excluding carboxylic acids is 1. The standard InChI is InChI=1S/C19H35O.C2H6O4S.Na/c1-3-4-5-6-7-8-9-10-11-12-13-14-15-16-17-18-19(2)20;3-1-2-7(4,5)6;/h10-11H,2-9,12-18H2,1H3;3H,1-2H2,(H,4,5,6);/q-1;;+1/b11-10-;;. The van der Waals surface area contributed by atoms with E-state index in [0.717, 1.165) is 6.42 Å². The molecule has 0 atom stereocenters. The van der Waals surface area contributed by atoms with Crippen LogP contribution in [0.15, 0.2) is 12.2 Å². The van der Waals surface area contributed by atoms with E-state index in [-0.39, 0.29) is 35.3 Å². The van der Waals surface area contributed by atoms with Gasteiger partial charge in [0.25, 0.3) is 10.1 Å². The van der Waals surface area contributed by atoms with Crippen LogP contribution in [-0.4, -0.2) is 36.2 Å². The molecule has 0 aromatic heterocycles. The molecular formula is C21H41NaO5S. The topological polar surface area (TPSA) is 91.7 Å². The number of unbranched alkanes of at least 4 members (excludes halogenated alkanes) is 11. The summed E-state index contributed by atoms with van der Waals surface area (Å²) in [5, 5.41) is 7.86. The molecule has 0 aliphatic rings. The van der Waals surface area contributed by atoms with Crippen LogP contribution in [0.5, 0.6) is 0 Å². The van der Waals surface area contributed by atoms with Crippen LogP contribution in [0.4, 0.5) is 0 Å². The maximum Gasteiger partial charge on any atom is 1.00 e. The van der Waals surface area contributed by atoms with E-state index in [1.807, 2.05) is 0 Å². The molecule has 0 aromatic carbocycles. The SMILES string of the molecule is O=S(=O)(O)CCO.[CH2-]C(=O)CCCCCCC/C=C\CCCCCCCC.[Na+]. The summed E-state index contributed by atoms with van der Waals surface area (Å²) in [6.07, 6.45) is 22.3. The fourth-order valence-electron chi connectivity index (χ4n) is 2.51. The summed E-state index contributed by atoms with van der Waals surface area (Å²) < 4.78 is 27.1. The quantitative estimate of drug-likeness (QED) is 0.122. The smallest absolute Gasteiger partial charge is 0.395 e. The van der Waals surface area contributed by atoms with Crippen LogP contribution in [-0.2, 0) is 14.9 Å². The fourth-order valence-corrected chi connectivity index (χ4v) is 2.74. The maximum absolute atomic E-state index is 10.7. The fraction of sp³-hybridized carbons (Fsp3) is 0.810. The van der Waals surface area contributed by atoms with E-state index in [2.05, 4.69) is 26.0 Å². The first kappa shape index (κ1) is 32.8. The first-order valence-corrected chi connectivity index (χ1v) is 12.0. The molecule has 0 aromatic rings. The molecule has 7 heteroatoms. The molecule has 0 unspecified atom stereocenters. The van der Waals surface area contributed by atoms with Crippen molar-refractivity contribution < 1.29 is 52.4 Å². The van der Waals surface area contributed by atoms with E-state index < -0.39 is 22.5 Å². The Bertz CT molecular complexity index is 450. The predicted molar refractivity (Wildman–Crippen MR) is 113 cm³/mol. The second kappa shape index (κ2) is 25.2. The molecule has 162 valence electrons. The van der Waals surface area contributed by atoms with Crippen molar-refractivity contribution in [3.05, 3.63) is 19.1 Å². The average Bonchev–Trinajstić information content (AvgIpc) is 2.57. The zero-order valence-corrected chi connectivity index (χ0v) is 21.0. The number of hydrogen-bond acceptors (Lipinski definition) is 4. The van der Waals surface area contributed by atoms with Gasteiger partial charge in [0.2, 0.25) is 0 Å². The van der Waals surface area contributed by atoms with Crippen LogP contribution in [0, 0.1) is 6.92 Å². The van der Waals surface area contributed by atoms with Crippen molar-refractivity contribution in [2.24, 2.45) is 0 Å². The van der Waals surface area contributed by atoms with E-state index in [0.29, 0.717) is 6.42 Å². The van der Waals surface area contributed by atoms with Gasteiger partial charge in [-0.2, -0.15) is 8.42 Å². The molecule has 0 amide bonds. The molecule has 0 radical (unpaired) electrons. The molecule has 0 spiro atoms. The molecule has 0 rings (SSSR count). The van der Waals surface area contributed by atoms with Crippen molar-refractivity contribution in [2.45, 2.75) is 96.8 Å². The number of carbonyl (C=O) groups is 1. The van der Waals surface area contributed by atoms with Crippen molar-refractivity contribution in [3.63, 3.8) is 0 Å². The summed E-state index contributed by atoms with van der Waals surface area (Å²) in [5.74, 6) is -0.491. The van der Waals surface area contributed by atoms with Gasteiger partial charge in [-0.15, -0.1) is 0 Å². The van der Waals surface area contributed by atoms with E-state index >= 15 is 0 Å². The second-order valence-corrected chi connectivity index (χ2v) is 8.45. The van der Waals surface area contributed by atoms with Gasteiger partial charge >= 0.3 is 29.6 Å². The minimum Gasteiger partial charge on any atom is -0.395 e. The van der Waals surface area contributed by atoms with Gasteiger partial charge in [0.05, 0.1) is 12.4 Å². The largest absolute Gasteiger partial charge is 1.00 e. The molecule has 0 saturated carbocycles. The Morgan fingerprint density at radius 1 is 0.857 bits per heavy atom. The van der Waals surface area contributed by atoms with Gasteiger partial charge in [-0.25, -0.2) is 0 Å². The number of aliphatic hydroxyl groups excluding tert-OH is 1. The minimum absolute atomic E-state index is 0. The van der Waals surface area contributed by atoms with Gasteiger partial charge in [-0.05, 0) is 44.3 Å². The zero-order chi connectivity index (χ0) is 20.8. The van der Waals surface area contributed by atoms with Crippen LogP contribution >= 0.6 is 0 Å². The van der Waals surface area contributed by atoms with Crippen LogP contribution < -0.4 is 29.6 Å². The second-order valence-electron chi connectivity index (χ2n) is 6.88. The van der Waals surface area contributed by atoms with Crippen LogP contribution in [0.2, 0.25) is 0 Å².